The van der Waals surface area contributed by atoms with Gasteiger partial charge in [0.05, 0.1) is 21.5 Å². The van der Waals surface area contributed by atoms with E-state index in [2.05, 4.69) is 10.3 Å². The number of rotatable bonds is 7. The zero-order chi connectivity index (χ0) is 24.1. The minimum absolute atomic E-state index is 0.0913. The topological polar surface area (TPSA) is 95.2 Å². The number of amides is 1. The highest BCUT2D eigenvalue weighted by molar-refractivity contribution is 7.90. The number of fused-ring (bicyclic) bond motifs is 1. The molecule has 1 N–H and O–H groups in total. The Kier molecular flexibility index (Phi) is 5.71. The van der Waals surface area contributed by atoms with E-state index in [1.807, 2.05) is 0 Å². The van der Waals surface area contributed by atoms with Crippen molar-refractivity contribution in [2.45, 2.75) is 56.0 Å². The summed E-state index contributed by atoms with van der Waals surface area (Å²) in [5.74, 6) is -3.72. The van der Waals surface area contributed by atoms with Gasteiger partial charge in [-0.3, -0.25) is 4.79 Å². The number of carbonyl (C=O) groups excluding carboxylic acids is 1. The zero-order valence-corrected chi connectivity index (χ0v) is 19.5. The molecule has 1 aliphatic heterocycles. The summed E-state index contributed by atoms with van der Waals surface area (Å²) >= 11 is 0. The molecule has 1 amide bonds. The van der Waals surface area contributed by atoms with Gasteiger partial charge in [-0.15, -0.1) is 0 Å². The fourth-order valence-corrected chi connectivity index (χ4v) is 5.47. The van der Waals surface area contributed by atoms with Crippen molar-refractivity contribution >= 4 is 27.0 Å². The number of hydrogen-bond donors (Lipinski definition) is 1. The van der Waals surface area contributed by atoms with Gasteiger partial charge < -0.3 is 14.6 Å². The molecule has 0 unspecified atom stereocenters. The summed E-state index contributed by atoms with van der Waals surface area (Å²) in [6.45, 7) is 2.34. The first kappa shape index (κ1) is 23.0. The van der Waals surface area contributed by atoms with Crippen LogP contribution < -0.4 is 5.32 Å². The Labute approximate surface area is 196 Å². The molecule has 1 saturated carbocycles. The first-order valence-electron chi connectivity index (χ1n) is 11.3. The van der Waals surface area contributed by atoms with Crippen LogP contribution >= 0.6 is 0 Å². The summed E-state index contributed by atoms with van der Waals surface area (Å²) in [5, 5.41) is 2.82. The van der Waals surface area contributed by atoms with Crippen LogP contribution in [-0.4, -0.2) is 47.1 Å². The molecule has 0 radical (unpaired) electrons. The molecule has 34 heavy (non-hydrogen) atoms. The highest BCUT2D eigenvalue weighted by Gasteiger charge is 2.33. The number of benzene rings is 1. The predicted octanol–water partition coefficient (Wildman–Crippen LogP) is 3.51. The van der Waals surface area contributed by atoms with Gasteiger partial charge >= 0.3 is 5.92 Å². The van der Waals surface area contributed by atoms with Crippen LogP contribution in [0.1, 0.15) is 48.8 Å². The maximum Gasteiger partial charge on any atom is 0.302 e. The first-order chi connectivity index (χ1) is 16.1. The van der Waals surface area contributed by atoms with Gasteiger partial charge in [-0.25, -0.2) is 17.4 Å². The summed E-state index contributed by atoms with van der Waals surface area (Å²) in [5.41, 5.74) is 0.882. The third kappa shape index (κ3) is 4.46. The monoisotopic (exact) mass is 492 g/mol. The van der Waals surface area contributed by atoms with Crippen LogP contribution in [0.3, 0.4) is 0 Å². The summed E-state index contributed by atoms with van der Waals surface area (Å²) in [6, 6.07) is 5.81. The van der Waals surface area contributed by atoms with Crippen LogP contribution in [0.2, 0.25) is 0 Å². The van der Waals surface area contributed by atoms with E-state index in [1.54, 1.807) is 0 Å². The number of carbonyl (C=O) groups is 1. The second-order valence-electron chi connectivity index (χ2n) is 9.12. The van der Waals surface area contributed by atoms with Gasteiger partial charge in [-0.1, -0.05) is 0 Å². The largest absolute Gasteiger partial charge is 0.381 e. The summed E-state index contributed by atoms with van der Waals surface area (Å²) in [4.78, 5) is 16.3. The van der Waals surface area contributed by atoms with Crippen molar-refractivity contribution in [3.63, 3.8) is 0 Å². The summed E-state index contributed by atoms with van der Waals surface area (Å²) in [7, 11) is -4.04. The van der Waals surface area contributed by atoms with Crippen molar-refractivity contribution < 1.29 is 26.7 Å². The molecule has 2 aliphatic rings. The molecule has 11 heteroatoms. The van der Waals surface area contributed by atoms with Gasteiger partial charge in [0.1, 0.15) is 0 Å². The Morgan fingerprint density at radius 3 is 2.62 bits per heavy atom. The lowest BCUT2D eigenvalue weighted by atomic mass is 10.00. The lowest BCUT2D eigenvalue weighted by molar-refractivity contribution is 0.00222. The van der Waals surface area contributed by atoms with E-state index in [0.717, 1.165) is 36.6 Å². The zero-order valence-electron chi connectivity index (χ0n) is 18.7. The van der Waals surface area contributed by atoms with Crippen molar-refractivity contribution in [2.75, 3.05) is 13.2 Å². The maximum atomic E-state index is 14.4. The average Bonchev–Trinajstić information content (AvgIpc) is 3.32. The smallest absolute Gasteiger partial charge is 0.302 e. The number of ether oxygens (including phenoxy) is 1. The van der Waals surface area contributed by atoms with E-state index in [0.29, 0.717) is 25.3 Å². The molecular formula is C23H26F2N4O4S. The number of aromatic nitrogens is 3. The Balaban J connectivity index is 1.48. The highest BCUT2D eigenvalue weighted by Crippen LogP contribution is 2.33. The molecule has 0 bridgehead atoms. The van der Waals surface area contributed by atoms with Gasteiger partial charge in [-0.2, -0.15) is 8.78 Å². The fourth-order valence-electron chi connectivity index (χ4n) is 4.26. The van der Waals surface area contributed by atoms with Crippen molar-refractivity contribution in [3.8, 4) is 0 Å². The van der Waals surface area contributed by atoms with Crippen LogP contribution in [0.5, 0.6) is 0 Å². The number of alkyl halides is 2. The Morgan fingerprint density at radius 2 is 1.94 bits per heavy atom. The molecule has 8 nitrogen and oxygen atoms in total. The molecule has 2 aromatic heterocycles. The lowest BCUT2D eigenvalue weighted by Crippen LogP contribution is -2.25. The molecule has 3 heterocycles. The van der Waals surface area contributed by atoms with Crippen LogP contribution in [0.4, 0.5) is 8.78 Å². The van der Waals surface area contributed by atoms with Crippen molar-refractivity contribution in [1.82, 2.24) is 18.8 Å². The van der Waals surface area contributed by atoms with Gasteiger partial charge in [0, 0.05) is 45.1 Å². The summed E-state index contributed by atoms with van der Waals surface area (Å²) < 4.78 is 63.0. The molecule has 5 rings (SSSR count). The maximum absolute atomic E-state index is 14.4. The van der Waals surface area contributed by atoms with Crippen molar-refractivity contribution in [1.29, 1.82) is 0 Å². The van der Waals surface area contributed by atoms with Crippen molar-refractivity contribution in [2.24, 2.45) is 5.92 Å². The third-order valence-corrected chi connectivity index (χ3v) is 7.94. The molecule has 1 aliphatic carbocycles. The highest BCUT2D eigenvalue weighted by atomic mass is 32.2. The molecule has 182 valence electrons. The fraction of sp³-hybridized carbons (Fsp3) is 0.478. The van der Waals surface area contributed by atoms with Crippen LogP contribution in [0, 0.1) is 5.92 Å². The quantitative estimate of drug-likeness (QED) is 0.545. The minimum Gasteiger partial charge on any atom is -0.381 e. The molecular weight excluding hydrogens is 466 g/mol. The molecule has 0 atom stereocenters. The molecule has 1 aromatic carbocycles. The molecule has 3 aromatic rings. The average molecular weight is 493 g/mol. The Bertz CT molecular complexity index is 1330. The van der Waals surface area contributed by atoms with E-state index in [1.165, 1.54) is 41.2 Å². The number of nitrogens with one attached hydrogen (secondary N) is 1. The second-order valence-corrected chi connectivity index (χ2v) is 11.0. The van der Waals surface area contributed by atoms with Crippen LogP contribution in [0.25, 0.3) is 11.0 Å². The predicted molar refractivity (Wildman–Crippen MR) is 120 cm³/mol. The number of nitrogens with zero attached hydrogens (tertiary/aromatic N) is 3. The number of hydrogen-bond acceptors (Lipinski definition) is 5. The minimum atomic E-state index is -4.04. The standard InChI is InChI=1S/C23H26F2N4O4S/c1-23(24,25)22-27-19-12-18(4-5-20(19)29(22)13-15-7-10-33-11-8-15)34(31,32)28-9-6-16(14-28)21(30)26-17-2-3-17/h4-6,9,12,14-15,17H,2-3,7-8,10-11,13H2,1H3,(H,26,30). The normalized spacial score (nSPS) is 17.9. The number of imidazole rings is 1. The van der Waals surface area contributed by atoms with Gasteiger partial charge in [0.25, 0.3) is 15.9 Å². The van der Waals surface area contributed by atoms with E-state index in [9.17, 15) is 22.0 Å². The third-order valence-electron chi connectivity index (χ3n) is 6.31. The van der Waals surface area contributed by atoms with Crippen LogP contribution in [-0.2, 0) is 27.2 Å². The number of halogens is 2. The Hall–Kier alpha value is -2.79. The first-order valence-corrected chi connectivity index (χ1v) is 12.8. The van der Waals surface area contributed by atoms with Crippen LogP contribution in [0.15, 0.2) is 41.6 Å². The van der Waals surface area contributed by atoms with Gasteiger partial charge in [-0.05, 0) is 55.9 Å². The molecule has 1 saturated heterocycles. The van der Waals surface area contributed by atoms with E-state index >= 15 is 0 Å². The summed E-state index contributed by atoms with van der Waals surface area (Å²) in [6.07, 6.45) is 5.94. The SMILES string of the molecule is CC(F)(F)c1nc2cc(S(=O)(=O)n3ccc(C(=O)NC4CC4)c3)ccc2n1CC1CCOCC1. The molecule has 0 spiro atoms. The van der Waals surface area contributed by atoms with Gasteiger partial charge in [0.15, 0.2) is 5.82 Å². The second kappa shape index (κ2) is 8.46. The van der Waals surface area contributed by atoms with Gasteiger partial charge in [0.2, 0.25) is 0 Å². The molecule has 2 fully saturated rings. The van der Waals surface area contributed by atoms with E-state index in [4.69, 9.17) is 4.74 Å². The van der Waals surface area contributed by atoms with E-state index < -0.39 is 15.9 Å². The lowest BCUT2D eigenvalue weighted by Gasteiger charge is -2.24. The Morgan fingerprint density at radius 1 is 1.21 bits per heavy atom. The van der Waals surface area contributed by atoms with Crippen molar-refractivity contribution in [3.05, 3.63) is 48.0 Å². The van der Waals surface area contributed by atoms with E-state index in [-0.39, 0.29) is 39.7 Å².